The van der Waals surface area contributed by atoms with Crippen LogP contribution in [0.3, 0.4) is 0 Å². The van der Waals surface area contributed by atoms with Crippen molar-refractivity contribution in [1.82, 2.24) is 4.90 Å². The summed E-state index contributed by atoms with van der Waals surface area (Å²) in [6.07, 6.45) is 3.72. The second-order valence-electron chi connectivity index (χ2n) is 4.96. The molecule has 1 atom stereocenters. The standard InChI is InChI=1S/C14H18BrClFN/c15-6-5-11-2-1-7-18(9-11)10-12-3-4-13(16)8-14(12)17/h3-4,8,11H,1-2,5-7,9-10H2. The zero-order chi connectivity index (χ0) is 13.0. The van der Waals surface area contributed by atoms with Gasteiger partial charge in [0.25, 0.3) is 0 Å². The Hall–Kier alpha value is -0.120. The molecule has 1 nitrogen and oxygen atoms in total. The Morgan fingerprint density at radius 3 is 3.00 bits per heavy atom. The van der Waals surface area contributed by atoms with Crippen molar-refractivity contribution in [2.45, 2.75) is 25.8 Å². The van der Waals surface area contributed by atoms with E-state index in [1.165, 1.54) is 25.3 Å². The van der Waals surface area contributed by atoms with E-state index in [1.54, 1.807) is 12.1 Å². The van der Waals surface area contributed by atoms with Gasteiger partial charge in [0, 0.05) is 29.0 Å². The SMILES string of the molecule is Fc1cc(Cl)ccc1CN1CCCC(CCBr)C1. The molecule has 1 saturated heterocycles. The van der Waals surface area contributed by atoms with E-state index in [0.717, 1.165) is 29.9 Å². The van der Waals surface area contributed by atoms with Crippen molar-refractivity contribution >= 4 is 27.5 Å². The first-order chi connectivity index (χ1) is 8.69. The highest BCUT2D eigenvalue weighted by Gasteiger charge is 2.20. The van der Waals surface area contributed by atoms with Crippen LogP contribution in [0.5, 0.6) is 0 Å². The number of halogens is 3. The predicted molar refractivity (Wildman–Crippen MR) is 77.8 cm³/mol. The van der Waals surface area contributed by atoms with Gasteiger partial charge in [-0.2, -0.15) is 0 Å². The zero-order valence-corrected chi connectivity index (χ0v) is 12.7. The summed E-state index contributed by atoms with van der Waals surface area (Å²) in [5.41, 5.74) is 0.749. The van der Waals surface area contributed by atoms with Gasteiger partial charge >= 0.3 is 0 Å². The van der Waals surface area contributed by atoms with Gasteiger partial charge < -0.3 is 0 Å². The number of piperidine rings is 1. The number of alkyl halides is 1. The van der Waals surface area contributed by atoms with Crippen LogP contribution in [0.4, 0.5) is 4.39 Å². The molecule has 1 aromatic carbocycles. The van der Waals surface area contributed by atoms with Crippen molar-refractivity contribution in [3.63, 3.8) is 0 Å². The van der Waals surface area contributed by atoms with E-state index < -0.39 is 0 Å². The summed E-state index contributed by atoms with van der Waals surface area (Å²) < 4.78 is 13.7. The maximum absolute atomic E-state index is 13.7. The molecule has 1 unspecified atom stereocenters. The van der Waals surface area contributed by atoms with E-state index in [4.69, 9.17) is 11.6 Å². The summed E-state index contributed by atoms with van der Waals surface area (Å²) >= 11 is 9.26. The summed E-state index contributed by atoms with van der Waals surface area (Å²) in [5, 5.41) is 1.52. The van der Waals surface area contributed by atoms with E-state index in [0.29, 0.717) is 11.6 Å². The number of benzene rings is 1. The smallest absolute Gasteiger partial charge is 0.129 e. The Morgan fingerprint density at radius 2 is 2.28 bits per heavy atom. The molecule has 4 heteroatoms. The molecule has 1 fully saturated rings. The third kappa shape index (κ3) is 3.94. The first-order valence-electron chi connectivity index (χ1n) is 6.41. The normalized spacial score (nSPS) is 21.2. The topological polar surface area (TPSA) is 3.24 Å². The van der Waals surface area contributed by atoms with Crippen molar-refractivity contribution in [1.29, 1.82) is 0 Å². The fourth-order valence-electron chi connectivity index (χ4n) is 2.58. The summed E-state index contributed by atoms with van der Waals surface area (Å²) in [6.45, 7) is 2.84. The highest BCUT2D eigenvalue weighted by atomic mass is 79.9. The number of hydrogen-bond acceptors (Lipinski definition) is 1. The molecule has 0 aromatic heterocycles. The second kappa shape index (κ2) is 6.88. The Labute approximate surface area is 121 Å². The molecule has 1 aromatic rings. The lowest BCUT2D eigenvalue weighted by Gasteiger charge is -2.32. The molecule has 1 aliphatic heterocycles. The zero-order valence-electron chi connectivity index (χ0n) is 10.3. The molecule has 0 saturated carbocycles. The van der Waals surface area contributed by atoms with Crippen LogP contribution in [0.15, 0.2) is 18.2 Å². The van der Waals surface area contributed by atoms with Crippen LogP contribution >= 0.6 is 27.5 Å². The van der Waals surface area contributed by atoms with E-state index in [-0.39, 0.29) is 5.82 Å². The molecule has 0 radical (unpaired) electrons. The fraction of sp³-hybridized carbons (Fsp3) is 0.571. The lowest BCUT2D eigenvalue weighted by Crippen LogP contribution is -2.35. The Balaban J connectivity index is 1.96. The van der Waals surface area contributed by atoms with Gasteiger partial charge in [-0.05, 0) is 43.9 Å². The maximum atomic E-state index is 13.7. The molecule has 0 spiro atoms. The van der Waals surface area contributed by atoms with Crippen LogP contribution in [-0.2, 0) is 6.54 Å². The number of rotatable bonds is 4. The van der Waals surface area contributed by atoms with Gasteiger partial charge in [0.05, 0.1) is 0 Å². The van der Waals surface area contributed by atoms with Crippen LogP contribution < -0.4 is 0 Å². The fourth-order valence-corrected chi connectivity index (χ4v) is 3.38. The summed E-state index contributed by atoms with van der Waals surface area (Å²) in [6, 6.07) is 4.96. The minimum absolute atomic E-state index is 0.190. The molecule has 2 rings (SSSR count). The molecular formula is C14H18BrClFN. The number of likely N-dealkylation sites (tertiary alicyclic amines) is 1. The van der Waals surface area contributed by atoms with Gasteiger partial charge in [-0.3, -0.25) is 4.90 Å². The van der Waals surface area contributed by atoms with Gasteiger partial charge in [0.1, 0.15) is 5.82 Å². The van der Waals surface area contributed by atoms with Crippen molar-refractivity contribution in [3.05, 3.63) is 34.6 Å². The Kier molecular flexibility index (Phi) is 5.46. The third-order valence-electron chi connectivity index (χ3n) is 3.53. The Morgan fingerprint density at radius 1 is 1.44 bits per heavy atom. The Bertz CT molecular complexity index is 397. The minimum Gasteiger partial charge on any atom is -0.299 e. The first-order valence-corrected chi connectivity index (χ1v) is 7.91. The summed E-state index contributed by atoms with van der Waals surface area (Å²) in [5.74, 6) is 0.554. The molecule has 0 bridgehead atoms. The molecule has 100 valence electrons. The second-order valence-corrected chi connectivity index (χ2v) is 6.19. The van der Waals surface area contributed by atoms with E-state index in [2.05, 4.69) is 20.8 Å². The predicted octanol–water partition coefficient (Wildman–Crippen LogP) is 4.48. The van der Waals surface area contributed by atoms with Crippen LogP contribution in [0.2, 0.25) is 5.02 Å². The van der Waals surface area contributed by atoms with Gasteiger partial charge in [-0.15, -0.1) is 0 Å². The van der Waals surface area contributed by atoms with E-state index in [9.17, 15) is 4.39 Å². The van der Waals surface area contributed by atoms with Crippen LogP contribution in [-0.4, -0.2) is 23.3 Å². The number of hydrogen-bond donors (Lipinski definition) is 0. The van der Waals surface area contributed by atoms with Crippen LogP contribution in [0.1, 0.15) is 24.8 Å². The average molecular weight is 335 g/mol. The highest BCUT2D eigenvalue weighted by molar-refractivity contribution is 9.09. The van der Waals surface area contributed by atoms with E-state index in [1.807, 2.05) is 0 Å². The molecule has 1 heterocycles. The molecule has 18 heavy (non-hydrogen) atoms. The monoisotopic (exact) mass is 333 g/mol. The maximum Gasteiger partial charge on any atom is 0.129 e. The quantitative estimate of drug-likeness (QED) is 0.734. The van der Waals surface area contributed by atoms with Gasteiger partial charge in [-0.25, -0.2) is 4.39 Å². The molecule has 0 aliphatic carbocycles. The molecule has 0 N–H and O–H groups in total. The van der Waals surface area contributed by atoms with Gasteiger partial charge in [0.15, 0.2) is 0 Å². The highest BCUT2D eigenvalue weighted by Crippen LogP contribution is 2.23. The molecule has 1 aliphatic rings. The first kappa shape index (κ1) is 14.3. The average Bonchev–Trinajstić information content (AvgIpc) is 2.34. The van der Waals surface area contributed by atoms with Crippen molar-refractivity contribution in [3.8, 4) is 0 Å². The van der Waals surface area contributed by atoms with Crippen LogP contribution in [0, 0.1) is 11.7 Å². The summed E-state index contributed by atoms with van der Waals surface area (Å²) in [4.78, 5) is 2.35. The van der Waals surface area contributed by atoms with Crippen LogP contribution in [0.25, 0.3) is 0 Å². The van der Waals surface area contributed by atoms with Gasteiger partial charge in [0.2, 0.25) is 0 Å². The lowest BCUT2D eigenvalue weighted by molar-refractivity contribution is 0.164. The third-order valence-corrected chi connectivity index (χ3v) is 4.22. The van der Waals surface area contributed by atoms with Crippen molar-refractivity contribution in [2.75, 3.05) is 18.4 Å². The molecular weight excluding hydrogens is 317 g/mol. The molecule has 0 amide bonds. The summed E-state index contributed by atoms with van der Waals surface area (Å²) in [7, 11) is 0. The lowest BCUT2D eigenvalue weighted by atomic mass is 9.95. The minimum atomic E-state index is -0.190. The van der Waals surface area contributed by atoms with Crippen molar-refractivity contribution in [2.24, 2.45) is 5.92 Å². The van der Waals surface area contributed by atoms with E-state index >= 15 is 0 Å². The van der Waals surface area contributed by atoms with Crippen molar-refractivity contribution < 1.29 is 4.39 Å². The van der Waals surface area contributed by atoms with Gasteiger partial charge in [-0.1, -0.05) is 33.6 Å². The number of nitrogens with zero attached hydrogens (tertiary/aromatic N) is 1. The largest absolute Gasteiger partial charge is 0.299 e.